The molecule has 1 N–H and O–H groups in total. The zero-order valence-electron chi connectivity index (χ0n) is 13.1. The molecule has 21 heavy (non-hydrogen) atoms. The Morgan fingerprint density at radius 2 is 1.95 bits per heavy atom. The van der Waals surface area contributed by atoms with Gasteiger partial charge in [-0.3, -0.25) is 0 Å². The van der Waals surface area contributed by atoms with Crippen LogP contribution in [-0.2, 0) is 6.54 Å². The lowest BCUT2D eigenvalue weighted by atomic mass is 9.88. The number of rotatable bonds is 8. The summed E-state index contributed by atoms with van der Waals surface area (Å²) < 4.78 is 5.96. The fraction of sp³-hybridized carbons (Fsp3) is 0.556. The molecule has 0 heterocycles. The lowest BCUT2D eigenvalue weighted by molar-refractivity contribution is 0.363. The fourth-order valence-corrected chi connectivity index (χ4v) is 3.89. The predicted octanol–water partition coefficient (Wildman–Crippen LogP) is 4.41. The fourth-order valence-electron chi connectivity index (χ4n) is 2.94. The van der Waals surface area contributed by atoms with Crippen molar-refractivity contribution in [3.63, 3.8) is 0 Å². The molecule has 0 unspecified atom stereocenters. The van der Waals surface area contributed by atoms with Gasteiger partial charge in [0.25, 0.3) is 0 Å². The molecule has 0 atom stereocenters. The van der Waals surface area contributed by atoms with Crippen LogP contribution in [0.1, 0.15) is 37.7 Å². The molecule has 1 saturated carbocycles. The normalized spacial score (nSPS) is 17.4. The first-order chi connectivity index (χ1) is 10.3. The van der Waals surface area contributed by atoms with Gasteiger partial charge in [0.2, 0.25) is 0 Å². The van der Waals surface area contributed by atoms with Gasteiger partial charge in [-0.1, -0.05) is 44.1 Å². The molecule has 116 valence electrons. The SMILES string of the molecule is C=CCOc1ccc(CNCC2(SC)CCCCC2)cc1. The number of ether oxygens (including phenoxy) is 1. The highest BCUT2D eigenvalue weighted by atomic mass is 32.2. The first-order valence-electron chi connectivity index (χ1n) is 7.86. The van der Waals surface area contributed by atoms with Crippen molar-refractivity contribution in [1.29, 1.82) is 0 Å². The molecule has 0 spiro atoms. The van der Waals surface area contributed by atoms with Gasteiger partial charge in [0.05, 0.1) is 0 Å². The third-order valence-corrected chi connectivity index (χ3v) is 5.68. The average molecular weight is 305 g/mol. The molecule has 2 nitrogen and oxygen atoms in total. The summed E-state index contributed by atoms with van der Waals surface area (Å²) in [4.78, 5) is 0. The molecule has 1 aromatic rings. The molecule has 1 aromatic carbocycles. The molecule has 3 heteroatoms. The number of thioether (sulfide) groups is 1. The Hall–Kier alpha value is -0.930. The molecular formula is C18H27NOS. The van der Waals surface area contributed by atoms with Crippen molar-refractivity contribution in [2.24, 2.45) is 0 Å². The van der Waals surface area contributed by atoms with Crippen molar-refractivity contribution >= 4 is 11.8 Å². The molecule has 0 bridgehead atoms. The summed E-state index contributed by atoms with van der Waals surface area (Å²) in [5.41, 5.74) is 1.31. The summed E-state index contributed by atoms with van der Waals surface area (Å²) >= 11 is 2.05. The van der Waals surface area contributed by atoms with Crippen molar-refractivity contribution < 1.29 is 4.74 Å². The van der Waals surface area contributed by atoms with Crippen LogP contribution in [0.15, 0.2) is 36.9 Å². The number of hydrogen-bond donors (Lipinski definition) is 1. The summed E-state index contributed by atoms with van der Waals surface area (Å²) in [6, 6.07) is 8.34. The highest BCUT2D eigenvalue weighted by Gasteiger charge is 2.30. The lowest BCUT2D eigenvalue weighted by Gasteiger charge is -2.36. The maximum Gasteiger partial charge on any atom is 0.119 e. The van der Waals surface area contributed by atoms with Gasteiger partial charge in [0.15, 0.2) is 0 Å². The monoisotopic (exact) mass is 305 g/mol. The second-order valence-corrected chi connectivity index (χ2v) is 7.07. The van der Waals surface area contributed by atoms with Crippen LogP contribution in [0.5, 0.6) is 5.75 Å². The molecule has 0 amide bonds. The van der Waals surface area contributed by atoms with Gasteiger partial charge in [-0.25, -0.2) is 0 Å². The van der Waals surface area contributed by atoms with E-state index in [1.807, 2.05) is 23.9 Å². The molecule has 0 aliphatic heterocycles. The van der Waals surface area contributed by atoms with Crippen molar-refractivity contribution in [1.82, 2.24) is 5.32 Å². The summed E-state index contributed by atoms with van der Waals surface area (Å²) in [5, 5.41) is 3.65. The van der Waals surface area contributed by atoms with Gasteiger partial charge in [-0.2, -0.15) is 11.8 Å². The Morgan fingerprint density at radius 1 is 1.24 bits per heavy atom. The van der Waals surface area contributed by atoms with Gasteiger partial charge < -0.3 is 10.1 Å². The van der Waals surface area contributed by atoms with Crippen LogP contribution in [0.4, 0.5) is 0 Å². The summed E-state index contributed by atoms with van der Waals surface area (Å²) in [5.74, 6) is 0.909. The van der Waals surface area contributed by atoms with E-state index in [2.05, 4.69) is 30.3 Å². The van der Waals surface area contributed by atoms with Gasteiger partial charge in [0.1, 0.15) is 12.4 Å². The van der Waals surface area contributed by atoms with Gasteiger partial charge in [-0.15, -0.1) is 0 Å². The second kappa shape index (κ2) is 8.50. The summed E-state index contributed by atoms with van der Waals surface area (Å²) in [6.45, 7) is 6.27. The van der Waals surface area contributed by atoms with Crippen LogP contribution in [0, 0.1) is 0 Å². The smallest absolute Gasteiger partial charge is 0.119 e. The molecule has 2 rings (SSSR count). The van der Waals surface area contributed by atoms with Crippen LogP contribution >= 0.6 is 11.8 Å². The Bertz CT molecular complexity index is 423. The largest absolute Gasteiger partial charge is 0.490 e. The minimum Gasteiger partial charge on any atom is -0.490 e. The van der Waals surface area contributed by atoms with E-state index in [4.69, 9.17) is 4.74 Å². The van der Waals surface area contributed by atoms with Crippen molar-refractivity contribution in [3.8, 4) is 5.75 Å². The first kappa shape index (κ1) is 16.4. The van der Waals surface area contributed by atoms with Gasteiger partial charge in [0, 0.05) is 17.8 Å². The predicted molar refractivity (Wildman–Crippen MR) is 93.2 cm³/mol. The second-order valence-electron chi connectivity index (χ2n) is 5.79. The van der Waals surface area contributed by atoms with Crippen LogP contribution in [0.25, 0.3) is 0 Å². The number of hydrogen-bond acceptors (Lipinski definition) is 3. The lowest BCUT2D eigenvalue weighted by Crippen LogP contribution is -2.39. The van der Waals surface area contributed by atoms with E-state index >= 15 is 0 Å². The highest BCUT2D eigenvalue weighted by Crippen LogP contribution is 2.37. The van der Waals surface area contributed by atoms with Crippen LogP contribution in [-0.4, -0.2) is 24.2 Å². The van der Waals surface area contributed by atoms with Crippen LogP contribution in [0.3, 0.4) is 0 Å². The summed E-state index contributed by atoms with van der Waals surface area (Å²) in [6.07, 6.45) is 10.9. The molecule has 0 radical (unpaired) electrons. The van der Waals surface area contributed by atoms with Crippen LogP contribution in [0.2, 0.25) is 0 Å². The number of nitrogens with one attached hydrogen (secondary N) is 1. The summed E-state index contributed by atoms with van der Waals surface area (Å²) in [7, 11) is 0. The van der Waals surface area contributed by atoms with E-state index in [-0.39, 0.29) is 0 Å². The van der Waals surface area contributed by atoms with Crippen LogP contribution < -0.4 is 10.1 Å². The molecule has 0 saturated heterocycles. The molecule has 1 aliphatic rings. The minimum atomic E-state index is 0.464. The number of benzene rings is 1. The Kier molecular flexibility index (Phi) is 6.65. The molecule has 1 fully saturated rings. The van der Waals surface area contributed by atoms with E-state index in [0.29, 0.717) is 11.4 Å². The Balaban J connectivity index is 1.78. The van der Waals surface area contributed by atoms with E-state index in [1.54, 1.807) is 6.08 Å². The average Bonchev–Trinajstić information content (AvgIpc) is 2.55. The van der Waals surface area contributed by atoms with E-state index in [9.17, 15) is 0 Å². The third kappa shape index (κ3) is 5.08. The third-order valence-electron chi connectivity index (χ3n) is 4.27. The van der Waals surface area contributed by atoms with E-state index in [1.165, 1.54) is 37.7 Å². The van der Waals surface area contributed by atoms with Crippen molar-refractivity contribution in [3.05, 3.63) is 42.5 Å². The maximum absolute atomic E-state index is 5.50. The first-order valence-corrected chi connectivity index (χ1v) is 9.09. The maximum atomic E-state index is 5.50. The zero-order valence-corrected chi connectivity index (χ0v) is 13.9. The topological polar surface area (TPSA) is 21.3 Å². The molecule has 0 aromatic heterocycles. The Labute approximate surface area is 133 Å². The van der Waals surface area contributed by atoms with Gasteiger partial charge >= 0.3 is 0 Å². The van der Waals surface area contributed by atoms with E-state index < -0.39 is 0 Å². The van der Waals surface area contributed by atoms with E-state index in [0.717, 1.165) is 18.8 Å². The van der Waals surface area contributed by atoms with Crippen molar-refractivity contribution in [2.45, 2.75) is 43.4 Å². The highest BCUT2D eigenvalue weighted by molar-refractivity contribution is 8.00. The Morgan fingerprint density at radius 3 is 2.57 bits per heavy atom. The van der Waals surface area contributed by atoms with Crippen molar-refractivity contribution in [2.75, 3.05) is 19.4 Å². The quantitative estimate of drug-likeness (QED) is 0.719. The molecular weight excluding hydrogens is 278 g/mol. The van der Waals surface area contributed by atoms with Gasteiger partial charge in [-0.05, 0) is 36.8 Å². The zero-order chi connectivity index (χ0) is 15.0. The molecule has 1 aliphatic carbocycles. The minimum absolute atomic E-state index is 0.464. The standard InChI is InChI=1S/C18H27NOS/c1-3-13-20-17-9-7-16(8-10-17)14-19-15-18(21-2)11-5-4-6-12-18/h3,7-10,19H,1,4-6,11-15H2,2H3.